The van der Waals surface area contributed by atoms with Crippen LogP contribution in [0.25, 0.3) is 0 Å². The predicted molar refractivity (Wildman–Crippen MR) is 82.6 cm³/mol. The Bertz CT molecular complexity index is 567. The molecule has 0 radical (unpaired) electrons. The molecular formula is C15H16Cl2N2O2. The van der Waals surface area contributed by atoms with Gasteiger partial charge in [-0.25, -0.2) is 0 Å². The van der Waals surface area contributed by atoms with Gasteiger partial charge in [0, 0.05) is 19.0 Å². The lowest BCUT2D eigenvalue weighted by atomic mass is 9.92. The van der Waals surface area contributed by atoms with Crippen LogP contribution in [0.3, 0.4) is 0 Å². The van der Waals surface area contributed by atoms with Gasteiger partial charge < -0.3 is 10.2 Å². The number of likely N-dealkylation sites (tertiary alicyclic amines) is 1. The number of anilines is 1. The Labute approximate surface area is 133 Å². The Balaban J connectivity index is 1.67. The fourth-order valence-corrected chi connectivity index (χ4v) is 3.29. The molecule has 1 unspecified atom stereocenters. The molecule has 0 spiro atoms. The summed E-state index contributed by atoms with van der Waals surface area (Å²) in [6.07, 6.45) is 3.54. The highest BCUT2D eigenvalue weighted by Gasteiger charge is 2.39. The van der Waals surface area contributed by atoms with E-state index in [1.54, 1.807) is 18.2 Å². The van der Waals surface area contributed by atoms with Crippen molar-refractivity contribution in [3.05, 3.63) is 28.2 Å². The Morgan fingerprint density at radius 3 is 2.48 bits per heavy atom. The topological polar surface area (TPSA) is 49.4 Å². The van der Waals surface area contributed by atoms with Crippen molar-refractivity contribution in [2.45, 2.75) is 31.7 Å². The smallest absolute Gasteiger partial charge is 0.229 e. The van der Waals surface area contributed by atoms with Crippen LogP contribution in [0.2, 0.25) is 10.0 Å². The standard InChI is InChI=1S/C15H16Cl2N2O2/c16-11-5-2-6-12(17)14(11)18-15(21)9-7-13(20)19(8-9)10-3-1-4-10/h2,5-6,9-10H,1,3-4,7-8H2,(H,18,21). The van der Waals surface area contributed by atoms with Crippen LogP contribution >= 0.6 is 23.2 Å². The van der Waals surface area contributed by atoms with Crippen LogP contribution in [0.1, 0.15) is 25.7 Å². The summed E-state index contributed by atoms with van der Waals surface area (Å²) in [5.41, 5.74) is 0.417. The Kier molecular flexibility index (Phi) is 4.09. The lowest BCUT2D eigenvalue weighted by Crippen LogP contribution is -2.41. The van der Waals surface area contributed by atoms with Crippen LogP contribution < -0.4 is 5.32 Å². The molecule has 1 saturated carbocycles. The number of para-hydroxylation sites is 1. The largest absolute Gasteiger partial charge is 0.339 e. The molecule has 1 aliphatic heterocycles. The molecular weight excluding hydrogens is 311 g/mol. The summed E-state index contributed by atoms with van der Waals surface area (Å²) in [6.45, 7) is 0.497. The predicted octanol–water partition coefficient (Wildman–Crippen LogP) is 3.33. The SMILES string of the molecule is O=C(Nc1c(Cl)cccc1Cl)C1CC(=O)N(C2CCC2)C1. The van der Waals surface area contributed by atoms with Gasteiger partial charge in [0.25, 0.3) is 0 Å². The van der Waals surface area contributed by atoms with E-state index in [0.717, 1.165) is 12.8 Å². The fourth-order valence-electron chi connectivity index (χ4n) is 2.80. The van der Waals surface area contributed by atoms with E-state index in [-0.39, 0.29) is 24.2 Å². The van der Waals surface area contributed by atoms with Crippen molar-refractivity contribution < 1.29 is 9.59 Å². The molecule has 2 fully saturated rings. The number of halogens is 2. The first-order valence-corrected chi connectivity index (χ1v) is 7.86. The van der Waals surface area contributed by atoms with Crippen molar-refractivity contribution in [3.8, 4) is 0 Å². The molecule has 0 bridgehead atoms. The highest BCUT2D eigenvalue weighted by Crippen LogP contribution is 2.33. The van der Waals surface area contributed by atoms with Gasteiger partial charge in [0.05, 0.1) is 21.7 Å². The van der Waals surface area contributed by atoms with Gasteiger partial charge in [-0.1, -0.05) is 29.3 Å². The Hall–Kier alpha value is -1.26. The molecule has 1 heterocycles. The minimum atomic E-state index is -0.328. The van der Waals surface area contributed by atoms with Gasteiger partial charge in [-0.05, 0) is 31.4 Å². The monoisotopic (exact) mass is 326 g/mol. The minimum Gasteiger partial charge on any atom is -0.339 e. The lowest BCUT2D eigenvalue weighted by Gasteiger charge is -2.34. The van der Waals surface area contributed by atoms with Crippen molar-refractivity contribution in [1.82, 2.24) is 4.90 Å². The maximum absolute atomic E-state index is 12.3. The second kappa shape index (κ2) is 5.85. The van der Waals surface area contributed by atoms with E-state index < -0.39 is 0 Å². The molecule has 4 nitrogen and oxygen atoms in total. The number of carbonyl (C=O) groups excluding carboxylic acids is 2. The molecule has 1 aromatic rings. The van der Waals surface area contributed by atoms with Crippen molar-refractivity contribution in [2.24, 2.45) is 5.92 Å². The summed E-state index contributed by atoms with van der Waals surface area (Å²) in [5.74, 6) is -0.448. The molecule has 21 heavy (non-hydrogen) atoms. The highest BCUT2D eigenvalue weighted by molar-refractivity contribution is 6.39. The molecule has 3 rings (SSSR count). The van der Waals surface area contributed by atoms with Gasteiger partial charge in [-0.2, -0.15) is 0 Å². The number of amides is 2. The van der Waals surface area contributed by atoms with Crippen molar-refractivity contribution >= 4 is 40.7 Å². The summed E-state index contributed by atoms with van der Waals surface area (Å²) in [7, 11) is 0. The maximum Gasteiger partial charge on any atom is 0.229 e. The normalized spacial score (nSPS) is 22.3. The molecule has 1 atom stereocenters. The third-order valence-electron chi connectivity index (χ3n) is 4.26. The van der Waals surface area contributed by atoms with E-state index in [1.807, 2.05) is 4.90 Å². The van der Waals surface area contributed by atoms with Crippen molar-refractivity contribution in [1.29, 1.82) is 0 Å². The molecule has 6 heteroatoms. The van der Waals surface area contributed by atoms with Crippen molar-refractivity contribution in [2.75, 3.05) is 11.9 Å². The summed E-state index contributed by atoms with van der Waals surface area (Å²) in [6, 6.07) is 5.39. The number of hydrogen-bond donors (Lipinski definition) is 1. The van der Waals surface area contributed by atoms with Gasteiger partial charge in [-0.15, -0.1) is 0 Å². The molecule has 0 aromatic heterocycles. The summed E-state index contributed by atoms with van der Waals surface area (Å²) in [4.78, 5) is 26.2. The van der Waals surface area contributed by atoms with Gasteiger partial charge in [0.2, 0.25) is 11.8 Å². The number of hydrogen-bond acceptors (Lipinski definition) is 2. The molecule has 2 aliphatic rings. The third kappa shape index (κ3) is 2.87. The number of benzene rings is 1. The molecule has 1 aromatic carbocycles. The molecule has 1 N–H and O–H groups in total. The zero-order valence-electron chi connectivity index (χ0n) is 11.4. The van der Waals surface area contributed by atoms with Gasteiger partial charge in [0.15, 0.2) is 0 Å². The first-order valence-electron chi connectivity index (χ1n) is 7.10. The van der Waals surface area contributed by atoms with E-state index in [2.05, 4.69) is 5.32 Å². The van der Waals surface area contributed by atoms with Gasteiger partial charge in [-0.3, -0.25) is 9.59 Å². The average molecular weight is 327 g/mol. The summed E-state index contributed by atoms with van der Waals surface area (Å²) < 4.78 is 0. The van der Waals surface area contributed by atoms with Gasteiger partial charge >= 0.3 is 0 Å². The second-order valence-electron chi connectivity index (χ2n) is 5.62. The third-order valence-corrected chi connectivity index (χ3v) is 4.89. The van der Waals surface area contributed by atoms with Crippen LogP contribution in [0.15, 0.2) is 18.2 Å². The zero-order chi connectivity index (χ0) is 15.0. The highest BCUT2D eigenvalue weighted by atomic mass is 35.5. The zero-order valence-corrected chi connectivity index (χ0v) is 13.0. The fraction of sp³-hybridized carbons (Fsp3) is 0.467. The van der Waals surface area contributed by atoms with E-state index >= 15 is 0 Å². The summed E-state index contributed by atoms with van der Waals surface area (Å²) in [5, 5.41) is 3.55. The molecule has 1 aliphatic carbocycles. The molecule has 1 saturated heterocycles. The second-order valence-corrected chi connectivity index (χ2v) is 6.43. The lowest BCUT2D eigenvalue weighted by molar-refractivity contribution is -0.131. The van der Waals surface area contributed by atoms with E-state index in [4.69, 9.17) is 23.2 Å². The van der Waals surface area contributed by atoms with Crippen LogP contribution in [-0.4, -0.2) is 29.3 Å². The Morgan fingerprint density at radius 1 is 1.24 bits per heavy atom. The quantitative estimate of drug-likeness (QED) is 0.926. The minimum absolute atomic E-state index is 0.0742. The first kappa shape index (κ1) is 14.7. The number of rotatable bonds is 3. The van der Waals surface area contributed by atoms with E-state index in [0.29, 0.717) is 28.3 Å². The van der Waals surface area contributed by atoms with Crippen LogP contribution in [-0.2, 0) is 9.59 Å². The van der Waals surface area contributed by atoms with E-state index in [9.17, 15) is 9.59 Å². The number of carbonyl (C=O) groups is 2. The van der Waals surface area contributed by atoms with Crippen LogP contribution in [0, 0.1) is 5.92 Å². The van der Waals surface area contributed by atoms with Crippen LogP contribution in [0.4, 0.5) is 5.69 Å². The first-order chi connectivity index (χ1) is 10.1. The molecule has 2 amide bonds. The number of nitrogens with one attached hydrogen (secondary N) is 1. The maximum atomic E-state index is 12.3. The molecule has 112 valence electrons. The number of nitrogens with zero attached hydrogens (tertiary/aromatic N) is 1. The van der Waals surface area contributed by atoms with Gasteiger partial charge in [0.1, 0.15) is 0 Å². The van der Waals surface area contributed by atoms with Crippen molar-refractivity contribution in [3.63, 3.8) is 0 Å². The van der Waals surface area contributed by atoms with Crippen LogP contribution in [0.5, 0.6) is 0 Å². The average Bonchev–Trinajstić information content (AvgIpc) is 2.74. The summed E-state index contributed by atoms with van der Waals surface area (Å²) >= 11 is 12.1. The van der Waals surface area contributed by atoms with E-state index in [1.165, 1.54) is 6.42 Å². The Morgan fingerprint density at radius 2 is 1.90 bits per heavy atom.